The number of nitrogens with zero attached hydrogens (tertiary/aromatic N) is 4. The van der Waals surface area contributed by atoms with Gasteiger partial charge in [-0.1, -0.05) is 0 Å². The van der Waals surface area contributed by atoms with Crippen LogP contribution in [-0.4, -0.2) is 36.8 Å². The molecule has 0 saturated heterocycles. The van der Waals surface area contributed by atoms with Crippen molar-refractivity contribution < 1.29 is 17.9 Å². The Morgan fingerprint density at radius 2 is 2.10 bits per heavy atom. The lowest BCUT2D eigenvalue weighted by Gasteiger charge is -2.23. The molecule has 0 bridgehead atoms. The normalized spacial score (nSPS) is 11.2. The van der Waals surface area contributed by atoms with Crippen molar-refractivity contribution in [1.29, 1.82) is 5.26 Å². The van der Waals surface area contributed by atoms with Gasteiger partial charge >= 0.3 is 6.18 Å². The van der Waals surface area contributed by atoms with Crippen LogP contribution in [0.3, 0.4) is 0 Å². The summed E-state index contributed by atoms with van der Waals surface area (Å²) in [5, 5.41) is 8.58. The Morgan fingerprint density at radius 1 is 1.40 bits per heavy atom. The van der Waals surface area contributed by atoms with Gasteiger partial charge in [0.1, 0.15) is 11.6 Å². The van der Waals surface area contributed by atoms with Gasteiger partial charge in [0.15, 0.2) is 0 Å². The molecular formula is C11H14F3N5O. The molecule has 0 aromatic carbocycles. The number of nitrogens with two attached hydrogens (primary N) is 1. The van der Waals surface area contributed by atoms with Gasteiger partial charge < -0.3 is 15.4 Å². The second-order valence-electron chi connectivity index (χ2n) is 3.86. The monoisotopic (exact) mass is 289 g/mol. The first-order valence-corrected chi connectivity index (χ1v) is 5.71. The largest absolute Gasteiger partial charge is 0.451 e. The quantitative estimate of drug-likeness (QED) is 0.852. The minimum Gasteiger partial charge on any atom is -0.384 e. The lowest BCUT2D eigenvalue weighted by Crippen LogP contribution is -2.30. The first kappa shape index (κ1) is 16.0. The summed E-state index contributed by atoms with van der Waals surface area (Å²) in [4.78, 5) is 8.12. The summed E-state index contributed by atoms with van der Waals surface area (Å²) in [6, 6.07) is 3.16. The molecule has 0 aliphatic carbocycles. The number of alkyl halides is 3. The number of ether oxygens (including phenoxy) is 1. The second-order valence-corrected chi connectivity index (χ2v) is 3.86. The fourth-order valence-corrected chi connectivity index (χ4v) is 1.47. The van der Waals surface area contributed by atoms with Crippen LogP contribution in [0, 0.1) is 11.3 Å². The summed E-state index contributed by atoms with van der Waals surface area (Å²) < 4.78 is 42.8. The maximum atomic E-state index is 12.6. The van der Waals surface area contributed by atoms with Crippen molar-refractivity contribution in [3.05, 3.63) is 11.9 Å². The van der Waals surface area contributed by atoms with Crippen molar-refractivity contribution in [3.63, 3.8) is 0 Å². The Balaban J connectivity index is 3.05. The molecular weight excluding hydrogens is 275 g/mol. The minimum atomic E-state index is -4.67. The van der Waals surface area contributed by atoms with E-state index in [1.165, 1.54) is 18.1 Å². The number of hydrogen-bond acceptors (Lipinski definition) is 6. The zero-order valence-electron chi connectivity index (χ0n) is 10.8. The van der Waals surface area contributed by atoms with Gasteiger partial charge in [0, 0.05) is 26.3 Å². The fourth-order valence-electron chi connectivity index (χ4n) is 1.47. The number of methoxy groups -OCH3 is 1. The average molecular weight is 289 g/mol. The van der Waals surface area contributed by atoms with Crippen LogP contribution in [0.4, 0.5) is 24.8 Å². The van der Waals surface area contributed by atoms with E-state index in [1.807, 2.05) is 6.07 Å². The van der Waals surface area contributed by atoms with E-state index < -0.39 is 12.0 Å². The van der Waals surface area contributed by atoms with E-state index in [2.05, 4.69) is 9.97 Å². The molecule has 0 unspecified atom stereocenters. The summed E-state index contributed by atoms with van der Waals surface area (Å²) in [6.45, 7) is 0.816. The molecule has 0 saturated carbocycles. The molecule has 110 valence electrons. The van der Waals surface area contributed by atoms with Crippen LogP contribution in [0.2, 0.25) is 0 Å². The van der Waals surface area contributed by atoms with E-state index in [1.54, 1.807) is 0 Å². The molecule has 0 atom stereocenters. The molecule has 1 rings (SSSR count). The van der Waals surface area contributed by atoms with Crippen molar-refractivity contribution in [3.8, 4) is 6.07 Å². The van der Waals surface area contributed by atoms with Gasteiger partial charge in [0.05, 0.1) is 19.1 Å². The first-order valence-electron chi connectivity index (χ1n) is 5.71. The van der Waals surface area contributed by atoms with E-state index in [9.17, 15) is 13.2 Å². The number of nitriles is 1. The molecule has 1 aromatic heterocycles. The van der Waals surface area contributed by atoms with Gasteiger partial charge in [-0.15, -0.1) is 0 Å². The summed E-state index contributed by atoms with van der Waals surface area (Å²) in [7, 11) is 1.47. The number of rotatable bonds is 6. The molecule has 1 heterocycles. The molecule has 1 aromatic rings. The minimum absolute atomic E-state index is 0.0251. The molecule has 20 heavy (non-hydrogen) atoms. The highest BCUT2D eigenvalue weighted by Crippen LogP contribution is 2.28. The number of aromatic nitrogens is 2. The Morgan fingerprint density at radius 3 is 2.65 bits per heavy atom. The van der Waals surface area contributed by atoms with Crippen LogP contribution >= 0.6 is 0 Å². The lowest BCUT2D eigenvalue weighted by atomic mass is 10.3. The SMILES string of the molecule is COCCN(CCC#N)c1cc(N)nc(C(F)(F)F)n1. The van der Waals surface area contributed by atoms with E-state index in [0.717, 1.165) is 0 Å². The topological polar surface area (TPSA) is 88.1 Å². The predicted octanol–water partition coefficient (Wildman–Crippen LogP) is 1.44. The van der Waals surface area contributed by atoms with Crippen molar-refractivity contribution >= 4 is 11.6 Å². The van der Waals surface area contributed by atoms with Crippen LogP contribution in [-0.2, 0) is 10.9 Å². The Hall–Kier alpha value is -2.08. The van der Waals surface area contributed by atoms with Gasteiger partial charge in [-0.05, 0) is 0 Å². The molecule has 6 nitrogen and oxygen atoms in total. The Labute approximate surface area is 114 Å². The highest BCUT2D eigenvalue weighted by molar-refractivity contribution is 5.47. The maximum Gasteiger partial charge on any atom is 0.451 e. The molecule has 0 radical (unpaired) electrons. The van der Waals surface area contributed by atoms with Crippen molar-refractivity contribution in [1.82, 2.24) is 9.97 Å². The number of hydrogen-bond donors (Lipinski definition) is 1. The molecule has 0 fully saturated rings. The zero-order valence-corrected chi connectivity index (χ0v) is 10.8. The molecule has 9 heteroatoms. The van der Waals surface area contributed by atoms with Gasteiger partial charge in [-0.25, -0.2) is 9.97 Å². The van der Waals surface area contributed by atoms with Gasteiger partial charge in [0.25, 0.3) is 0 Å². The lowest BCUT2D eigenvalue weighted by molar-refractivity contribution is -0.144. The van der Waals surface area contributed by atoms with E-state index in [0.29, 0.717) is 6.54 Å². The molecule has 0 aliphatic rings. The fraction of sp³-hybridized carbons (Fsp3) is 0.545. The van der Waals surface area contributed by atoms with Crippen molar-refractivity contribution in [2.45, 2.75) is 12.6 Å². The number of anilines is 2. The Kier molecular flexibility index (Phi) is 5.52. The van der Waals surface area contributed by atoms with Crippen LogP contribution in [0.25, 0.3) is 0 Å². The summed E-state index contributed by atoms with van der Waals surface area (Å²) >= 11 is 0. The highest BCUT2D eigenvalue weighted by atomic mass is 19.4. The van der Waals surface area contributed by atoms with Gasteiger partial charge in [-0.3, -0.25) is 0 Å². The van der Waals surface area contributed by atoms with Crippen LogP contribution in [0.15, 0.2) is 6.07 Å². The van der Waals surface area contributed by atoms with E-state index >= 15 is 0 Å². The highest BCUT2D eigenvalue weighted by Gasteiger charge is 2.35. The standard InChI is InChI=1S/C11H14F3N5O/c1-20-6-5-19(4-2-3-15)9-7-8(16)17-10(18-9)11(12,13)14/h7H,2,4-6H2,1H3,(H2,16,17,18). The third-order valence-corrected chi connectivity index (χ3v) is 2.37. The first-order chi connectivity index (χ1) is 9.38. The average Bonchev–Trinajstić information content (AvgIpc) is 2.37. The van der Waals surface area contributed by atoms with Gasteiger partial charge in [-0.2, -0.15) is 18.4 Å². The summed E-state index contributed by atoms with van der Waals surface area (Å²) in [5.41, 5.74) is 5.38. The molecule has 2 N–H and O–H groups in total. The van der Waals surface area contributed by atoms with Crippen molar-refractivity contribution in [2.75, 3.05) is 37.4 Å². The zero-order chi connectivity index (χ0) is 15.2. The predicted molar refractivity (Wildman–Crippen MR) is 65.8 cm³/mol. The van der Waals surface area contributed by atoms with Crippen LogP contribution < -0.4 is 10.6 Å². The number of nitrogen functional groups attached to an aromatic ring is 1. The number of halogens is 3. The maximum absolute atomic E-state index is 12.6. The van der Waals surface area contributed by atoms with Gasteiger partial charge in [0.2, 0.25) is 5.82 Å². The summed E-state index contributed by atoms with van der Waals surface area (Å²) in [6.07, 6.45) is -4.53. The van der Waals surface area contributed by atoms with Crippen LogP contribution in [0.1, 0.15) is 12.2 Å². The van der Waals surface area contributed by atoms with E-state index in [4.69, 9.17) is 15.7 Å². The second kappa shape index (κ2) is 6.91. The summed E-state index contributed by atoms with van der Waals surface area (Å²) in [5.74, 6) is -1.55. The Bertz CT molecular complexity index is 486. The van der Waals surface area contributed by atoms with E-state index in [-0.39, 0.29) is 31.2 Å². The third kappa shape index (κ3) is 4.55. The molecule has 0 amide bonds. The third-order valence-electron chi connectivity index (χ3n) is 2.37. The molecule has 0 aliphatic heterocycles. The smallest absolute Gasteiger partial charge is 0.384 e. The van der Waals surface area contributed by atoms with Crippen LogP contribution in [0.5, 0.6) is 0 Å². The van der Waals surface area contributed by atoms with Crippen molar-refractivity contribution in [2.24, 2.45) is 0 Å². The molecule has 0 spiro atoms.